The van der Waals surface area contributed by atoms with Gasteiger partial charge in [-0.15, -0.1) is 0 Å². The molecule has 9 heterocycles. The summed E-state index contributed by atoms with van der Waals surface area (Å²) >= 11 is 0. The molecule has 9 aliphatic heterocycles. The van der Waals surface area contributed by atoms with Crippen LogP contribution in [0.4, 0.5) is 0 Å². The van der Waals surface area contributed by atoms with Crippen molar-refractivity contribution in [3.05, 3.63) is 0 Å². The molecule has 9 rings (SSSR count). The fourth-order valence-corrected chi connectivity index (χ4v) is 14.8. The Hall–Kier alpha value is -4.29. The Balaban J connectivity index is 1.10. The molecular formula is C64H107N5O46. The van der Waals surface area contributed by atoms with Gasteiger partial charge in [-0.3, -0.25) is 24.0 Å². The lowest BCUT2D eigenvalue weighted by atomic mass is 9.93. The highest BCUT2D eigenvalue weighted by atomic mass is 16.8. The van der Waals surface area contributed by atoms with Crippen molar-refractivity contribution < 1.29 is 227 Å². The molecule has 9 fully saturated rings. The van der Waals surface area contributed by atoms with Gasteiger partial charge in [0.2, 0.25) is 29.5 Å². The van der Waals surface area contributed by atoms with Crippen LogP contribution in [0.15, 0.2) is 0 Å². The first-order valence-corrected chi connectivity index (χ1v) is 36.6. The molecule has 29 N–H and O–H groups in total. The van der Waals surface area contributed by atoms with E-state index in [1.165, 1.54) is 0 Å². The zero-order chi connectivity index (χ0) is 84.8. The second-order valence-electron chi connectivity index (χ2n) is 28.9. The molecule has 664 valence electrons. The molecule has 0 aromatic heterocycles. The van der Waals surface area contributed by atoms with E-state index in [4.69, 9.17) is 80.5 Å². The van der Waals surface area contributed by atoms with Crippen molar-refractivity contribution in [2.75, 3.05) is 59.5 Å². The fraction of sp³-hybridized carbons (Fsp3) is 0.922. The molecule has 51 heteroatoms. The molecule has 0 aromatic carbocycles. The maximum atomic E-state index is 13.0. The first-order valence-electron chi connectivity index (χ1n) is 36.6. The molecular weight excluding hydrogens is 1570 g/mol. The summed E-state index contributed by atoms with van der Waals surface area (Å²) in [5.41, 5.74) is 0. The van der Waals surface area contributed by atoms with Crippen LogP contribution in [0.25, 0.3) is 0 Å². The van der Waals surface area contributed by atoms with Crippen LogP contribution in [0.1, 0.15) is 34.6 Å². The summed E-state index contributed by atoms with van der Waals surface area (Å²) in [6, 6.07) is -9.03. The molecule has 51 nitrogen and oxygen atoms in total. The lowest BCUT2D eigenvalue weighted by molar-refractivity contribution is -0.397. The molecule has 0 aromatic rings. The van der Waals surface area contributed by atoms with E-state index in [9.17, 15) is 147 Å². The zero-order valence-corrected chi connectivity index (χ0v) is 62.1. The van der Waals surface area contributed by atoms with Crippen LogP contribution in [-0.2, 0) is 104 Å². The maximum Gasteiger partial charge on any atom is 0.217 e. The third-order valence-electron chi connectivity index (χ3n) is 20.7. The fourth-order valence-electron chi connectivity index (χ4n) is 14.8. The standard InChI is InChI=1S/C64H107N5O46/c1-15(77)65-29-42(90)50(24(10-74)101-56(29)98)110-59-32(68-18(4)80)43(91)52(26(12-76)106-59)112-62-49(97)53(113-64-55(46(94)37(85)23(9-73)105-64)115-58-31(67-17(3)79)41(89)35(83)21(7-71)103-58)39(87)28(108-62)14-100-63-54(47(95)38(86)27(109-63)13-99-57-30(66-16(2)78)40(88)34(82)20(6-70)102-57)114-60-33(69-19(5)81)44(92)51(25(11-75)107-60)111-61-48(96)45(93)36(84)22(8-72)104-61/h20-64,70-76,82-98H,6-14H2,1-5H3,(H,65,77)(H,66,78)(H,67,79)(H,68,80)(H,69,81)/t20-,21-,22-,23-,24-,25-,26-,27-,28-,29-,30-,31-,32-,33-,34-,35-,36+,37-,38-,39-,40-,41-,42-,43-,44-,45+,46+,47+,48-,49+,50-,51-,52-,53+,54+,55+,56-,57-,58+,59+,60+,61+,62+,63+,64-/m1/s1. The molecule has 45 atom stereocenters. The minimum absolute atomic E-state index is 0.793. The quantitative estimate of drug-likeness (QED) is 0.0318. The molecule has 0 saturated carbocycles. The number of hydrogen-bond donors (Lipinski definition) is 29. The van der Waals surface area contributed by atoms with E-state index in [2.05, 4.69) is 26.6 Å². The molecule has 0 unspecified atom stereocenters. The predicted octanol–water partition coefficient (Wildman–Crippen LogP) is -19.9. The summed E-state index contributed by atoms with van der Waals surface area (Å²) in [4.78, 5) is 63.2. The number of ether oxygens (including phenoxy) is 17. The summed E-state index contributed by atoms with van der Waals surface area (Å²) in [5.74, 6) is -4.41. The van der Waals surface area contributed by atoms with Crippen molar-refractivity contribution in [2.24, 2.45) is 0 Å². The van der Waals surface area contributed by atoms with Crippen LogP contribution < -0.4 is 26.6 Å². The Morgan fingerprint density at radius 2 is 0.487 bits per heavy atom. The first-order chi connectivity index (χ1) is 54.4. The summed E-state index contributed by atoms with van der Waals surface area (Å²) < 4.78 is 101. The molecule has 0 aliphatic carbocycles. The number of aliphatic hydroxyl groups excluding tert-OH is 24. The summed E-state index contributed by atoms with van der Waals surface area (Å²) in [6.07, 6.45) is -83.5. The van der Waals surface area contributed by atoms with Gasteiger partial charge in [0.05, 0.1) is 59.5 Å². The number of amides is 5. The van der Waals surface area contributed by atoms with Gasteiger partial charge in [0.1, 0.15) is 219 Å². The highest BCUT2D eigenvalue weighted by Gasteiger charge is 2.61. The van der Waals surface area contributed by atoms with Crippen molar-refractivity contribution in [3.8, 4) is 0 Å². The number of rotatable bonds is 30. The molecule has 115 heavy (non-hydrogen) atoms. The second kappa shape index (κ2) is 41.5. The van der Waals surface area contributed by atoms with Gasteiger partial charge < -0.3 is 230 Å². The second-order valence-corrected chi connectivity index (χ2v) is 28.9. The average molecular weight is 1680 g/mol. The Labute approximate surface area is 651 Å². The normalized spacial score (nSPS) is 47.9. The van der Waals surface area contributed by atoms with Gasteiger partial charge in [-0.25, -0.2) is 0 Å². The monoisotopic (exact) mass is 1680 g/mol. The molecule has 9 aliphatic rings. The van der Waals surface area contributed by atoms with Crippen molar-refractivity contribution in [1.82, 2.24) is 26.6 Å². The first kappa shape index (κ1) is 94.6. The van der Waals surface area contributed by atoms with Crippen LogP contribution in [0.2, 0.25) is 0 Å². The van der Waals surface area contributed by atoms with E-state index >= 15 is 0 Å². The Bertz CT molecular complexity index is 3100. The van der Waals surface area contributed by atoms with E-state index in [0.29, 0.717) is 0 Å². The third-order valence-corrected chi connectivity index (χ3v) is 20.7. The summed E-state index contributed by atoms with van der Waals surface area (Å²) in [7, 11) is 0. The van der Waals surface area contributed by atoms with E-state index in [1.54, 1.807) is 0 Å². The van der Waals surface area contributed by atoms with Gasteiger partial charge in [0, 0.05) is 34.6 Å². The largest absolute Gasteiger partial charge is 0.394 e. The van der Waals surface area contributed by atoms with Crippen molar-refractivity contribution in [2.45, 2.75) is 311 Å². The van der Waals surface area contributed by atoms with E-state index < -0.39 is 365 Å². The van der Waals surface area contributed by atoms with Gasteiger partial charge in [0.15, 0.2) is 56.6 Å². The summed E-state index contributed by atoms with van der Waals surface area (Å²) in [5, 5.41) is 280. The number of hydrogen-bond acceptors (Lipinski definition) is 46. The Morgan fingerprint density at radius 1 is 0.226 bits per heavy atom. The van der Waals surface area contributed by atoms with Gasteiger partial charge >= 0.3 is 0 Å². The van der Waals surface area contributed by atoms with Crippen LogP contribution in [0.3, 0.4) is 0 Å². The SMILES string of the molecule is CC(=O)N[C@@H]1[C@@H](O)[C@H](O[C@@H]2O[C@H](CO)[C@@H](O[C@@H]3O[C@H](CO[C@H]4O[C@H](CO[C@@H]5O[C@H](CO)[C@@H](O)[C@H](O)[C@H]5NC(C)=O)[C@@H](O)[C@H](O)[C@@H]4O[C@@H]4O[C@H](CO)[C@@H](O[C@@H]5O[C@H](CO)[C@H](O)[C@H](O)[C@H]5O)[C@H](O)[C@H]4NC(C)=O)[C@@H](O)[C@H](O[C@H]4O[C@H](CO)[C@@H](O)[C@H](O)[C@@H]4O[C@@H]4O[C@H](CO)[C@@H](O)[C@H](O)[C@H]4NC(C)=O)[C@@H]3O)[C@H](O)[C@H]2NC(C)=O)[C@@H](CO)O[C@H]1O. The van der Waals surface area contributed by atoms with E-state index in [-0.39, 0.29) is 0 Å². The van der Waals surface area contributed by atoms with Crippen LogP contribution in [0, 0.1) is 0 Å². The average Bonchev–Trinajstić information content (AvgIpc) is 0.767. The van der Waals surface area contributed by atoms with Crippen molar-refractivity contribution in [1.29, 1.82) is 0 Å². The highest BCUT2D eigenvalue weighted by Crippen LogP contribution is 2.40. The summed E-state index contributed by atoms with van der Waals surface area (Å²) in [6.45, 7) is -4.92. The predicted molar refractivity (Wildman–Crippen MR) is 355 cm³/mol. The Morgan fingerprint density at radius 3 is 0.913 bits per heavy atom. The van der Waals surface area contributed by atoms with Crippen LogP contribution in [-0.4, -0.2) is 488 Å². The van der Waals surface area contributed by atoms with Crippen LogP contribution in [0.5, 0.6) is 0 Å². The number of nitrogens with one attached hydrogen (secondary N) is 5. The van der Waals surface area contributed by atoms with E-state index in [0.717, 1.165) is 34.6 Å². The van der Waals surface area contributed by atoms with Gasteiger partial charge in [-0.2, -0.15) is 0 Å². The molecule has 0 radical (unpaired) electrons. The molecule has 9 saturated heterocycles. The van der Waals surface area contributed by atoms with Gasteiger partial charge in [-0.05, 0) is 0 Å². The maximum absolute atomic E-state index is 13.0. The molecule has 5 amide bonds. The number of aliphatic hydroxyl groups is 24. The van der Waals surface area contributed by atoms with Gasteiger partial charge in [-0.1, -0.05) is 0 Å². The smallest absolute Gasteiger partial charge is 0.217 e. The lowest BCUT2D eigenvalue weighted by Crippen LogP contribution is -2.70. The minimum Gasteiger partial charge on any atom is -0.394 e. The van der Waals surface area contributed by atoms with E-state index in [1.807, 2.05) is 0 Å². The van der Waals surface area contributed by atoms with Gasteiger partial charge in [0.25, 0.3) is 0 Å². The Kier molecular flexibility index (Phi) is 34.1. The van der Waals surface area contributed by atoms with Crippen LogP contribution >= 0.6 is 0 Å². The van der Waals surface area contributed by atoms with Crippen molar-refractivity contribution in [3.63, 3.8) is 0 Å². The molecule has 0 bridgehead atoms. The topological polar surface area (TPSA) is 788 Å². The number of carbonyl (C=O) groups excluding carboxylic acids is 5. The van der Waals surface area contributed by atoms with Crippen molar-refractivity contribution >= 4 is 29.5 Å². The highest BCUT2D eigenvalue weighted by molar-refractivity contribution is 5.75. The number of carbonyl (C=O) groups is 5. The molecule has 0 spiro atoms. The lowest BCUT2D eigenvalue weighted by Gasteiger charge is -2.51. The third kappa shape index (κ3) is 21.4. The minimum atomic E-state index is -2.58. The zero-order valence-electron chi connectivity index (χ0n) is 62.1.